The first-order chi connectivity index (χ1) is 15.6. The molecule has 0 saturated heterocycles. The van der Waals surface area contributed by atoms with Crippen molar-refractivity contribution in [2.24, 2.45) is 0 Å². The lowest BCUT2D eigenvalue weighted by Crippen LogP contribution is -2.55. The maximum atomic E-state index is 3.73. The van der Waals surface area contributed by atoms with Gasteiger partial charge in [-0.2, -0.15) is 0 Å². The van der Waals surface area contributed by atoms with Crippen molar-refractivity contribution >= 4 is 36.9 Å². The molecule has 0 aliphatic rings. The van der Waals surface area contributed by atoms with Crippen molar-refractivity contribution in [3.63, 3.8) is 0 Å². The molecule has 0 aliphatic carbocycles. The van der Waals surface area contributed by atoms with Crippen molar-refractivity contribution < 1.29 is 0 Å². The molecule has 4 rings (SSSR count). The molecule has 0 saturated carbocycles. The van der Waals surface area contributed by atoms with Gasteiger partial charge in [-0.1, -0.05) is 156 Å². The Morgan fingerprint density at radius 3 is 1.22 bits per heavy atom. The fraction of sp³-hybridized carbons (Fsp3) is 0.0667. The van der Waals surface area contributed by atoms with Crippen LogP contribution in [0, 0.1) is 11.5 Å². The van der Waals surface area contributed by atoms with E-state index in [4.69, 9.17) is 0 Å². The van der Waals surface area contributed by atoms with Crippen molar-refractivity contribution in [2.75, 3.05) is 0 Å². The number of hydrogen-bond donors (Lipinski definition) is 0. The lowest BCUT2D eigenvalue weighted by Gasteiger charge is -2.25. The lowest BCUT2D eigenvalue weighted by molar-refractivity contribution is 1.69. The Hall–Kier alpha value is -3.39. The molecule has 0 radical (unpaired) electrons. The van der Waals surface area contributed by atoms with Crippen molar-refractivity contribution in [1.29, 1.82) is 0 Å². The molecule has 0 N–H and O–H groups in total. The van der Waals surface area contributed by atoms with Gasteiger partial charge in [0.25, 0.3) is 0 Å². The quantitative estimate of drug-likeness (QED) is 0.316. The fourth-order valence-electron chi connectivity index (χ4n) is 4.18. The number of hydrogen-bond acceptors (Lipinski definition) is 0. The molecule has 0 unspecified atom stereocenters. The van der Waals surface area contributed by atoms with E-state index in [9.17, 15) is 0 Å². The molecule has 0 amide bonds. The minimum Gasteiger partial charge on any atom is -0.116 e. The summed E-state index contributed by atoms with van der Waals surface area (Å²) in [5, 5.41) is 5.49. The summed E-state index contributed by atoms with van der Waals surface area (Å²) >= 11 is 0. The van der Waals surface area contributed by atoms with Crippen LogP contribution in [-0.4, -0.2) is 16.1 Å². The van der Waals surface area contributed by atoms with Crippen LogP contribution in [0.4, 0.5) is 0 Å². The Bertz CT molecular complexity index is 1140. The maximum absolute atomic E-state index is 3.73. The van der Waals surface area contributed by atoms with Gasteiger partial charge >= 0.3 is 0 Å². The molecule has 4 aromatic carbocycles. The van der Waals surface area contributed by atoms with Crippen molar-refractivity contribution in [1.82, 2.24) is 0 Å². The van der Waals surface area contributed by atoms with Crippen LogP contribution in [0.15, 0.2) is 133 Å². The van der Waals surface area contributed by atoms with Crippen molar-refractivity contribution in [3.05, 3.63) is 133 Å². The third-order valence-electron chi connectivity index (χ3n) is 6.27. The fourth-order valence-corrected chi connectivity index (χ4v) is 9.79. The number of allylic oxidation sites excluding steroid dienone is 1. The van der Waals surface area contributed by atoms with Crippen LogP contribution in [0.25, 0.3) is 0 Å². The van der Waals surface area contributed by atoms with E-state index in [0.717, 1.165) is 0 Å². The van der Waals surface area contributed by atoms with Crippen LogP contribution in [0.2, 0.25) is 13.1 Å². The molecule has 0 aliphatic heterocycles. The summed E-state index contributed by atoms with van der Waals surface area (Å²) < 4.78 is 0. The highest BCUT2D eigenvalue weighted by molar-refractivity contribution is 7.07. The highest BCUT2D eigenvalue weighted by Crippen LogP contribution is 2.08. The number of benzene rings is 4. The van der Waals surface area contributed by atoms with Gasteiger partial charge in [-0.25, -0.2) is 0 Å². The third-order valence-corrected chi connectivity index (χ3v) is 13.8. The molecule has 0 fully saturated rings. The smallest absolute Gasteiger partial charge is 0.116 e. The molecule has 156 valence electrons. The third kappa shape index (κ3) is 4.60. The maximum Gasteiger partial charge on any atom is 0.196 e. The Balaban J connectivity index is 1.75. The van der Waals surface area contributed by atoms with Crippen LogP contribution in [0.5, 0.6) is 0 Å². The molecule has 0 aromatic heterocycles. The first-order valence-corrected chi connectivity index (χ1v) is 16.1. The molecule has 0 atom stereocenters. The second-order valence-corrected chi connectivity index (χ2v) is 15.9. The van der Waals surface area contributed by atoms with Gasteiger partial charge in [0, 0.05) is 0 Å². The van der Waals surface area contributed by atoms with Crippen LogP contribution in [-0.2, 0) is 0 Å². The van der Waals surface area contributed by atoms with Gasteiger partial charge in [0.2, 0.25) is 0 Å². The summed E-state index contributed by atoms with van der Waals surface area (Å²) in [5.74, 6) is 3.48. The average Bonchev–Trinajstić information content (AvgIpc) is 2.88. The predicted octanol–water partition coefficient (Wildman–Crippen LogP) is 4.41. The molecule has 0 nitrogen and oxygen atoms in total. The van der Waals surface area contributed by atoms with E-state index in [2.05, 4.69) is 158 Å². The molecule has 0 heterocycles. The molecule has 32 heavy (non-hydrogen) atoms. The van der Waals surface area contributed by atoms with Gasteiger partial charge in [0.15, 0.2) is 8.07 Å². The Labute approximate surface area is 194 Å². The summed E-state index contributed by atoms with van der Waals surface area (Å²) in [6.07, 6.45) is 2.11. The normalized spacial score (nSPS) is 11.7. The minimum atomic E-state index is -2.15. The molecular weight excluding hydrogens is 417 g/mol. The highest BCUT2D eigenvalue weighted by Gasteiger charge is 2.30. The van der Waals surface area contributed by atoms with Gasteiger partial charge in [-0.3, -0.25) is 0 Å². The van der Waals surface area contributed by atoms with E-state index in [0.29, 0.717) is 0 Å². The van der Waals surface area contributed by atoms with E-state index >= 15 is 0 Å². The summed E-state index contributed by atoms with van der Waals surface area (Å²) in [4.78, 5) is 0. The highest BCUT2D eigenvalue weighted by atomic mass is 28.3. The Kier molecular flexibility index (Phi) is 6.70. The van der Waals surface area contributed by atoms with Gasteiger partial charge in [0.05, 0.1) is 0 Å². The first kappa shape index (κ1) is 21.8. The van der Waals surface area contributed by atoms with Crippen molar-refractivity contribution in [3.8, 4) is 11.5 Å². The second kappa shape index (κ2) is 9.83. The van der Waals surface area contributed by atoms with Crippen LogP contribution in [0.3, 0.4) is 0 Å². The Morgan fingerprint density at radius 2 is 0.844 bits per heavy atom. The monoisotopic (exact) mass is 444 g/mol. The van der Waals surface area contributed by atoms with E-state index < -0.39 is 16.1 Å². The van der Waals surface area contributed by atoms with E-state index in [1.165, 1.54) is 20.7 Å². The number of rotatable bonds is 5. The van der Waals surface area contributed by atoms with E-state index in [-0.39, 0.29) is 0 Å². The molecular formula is C30H28Si2. The van der Waals surface area contributed by atoms with Gasteiger partial charge in [-0.05, 0) is 16.4 Å². The zero-order valence-electron chi connectivity index (χ0n) is 18.7. The van der Waals surface area contributed by atoms with Crippen LogP contribution in [0.1, 0.15) is 0 Å². The standard InChI is InChI=1S/C30H28Si2/c1-31(27-17-7-3-8-18-27,28-19-9-4-10-20-28)25-15-16-26-32(2,29-21-11-5-12-22-29)30-23-13-6-14-24-30/h3-15,17-25H,1-2H3/b25-15-. The lowest BCUT2D eigenvalue weighted by atomic mass is 10.4. The summed E-state index contributed by atoms with van der Waals surface area (Å²) in [5.41, 5.74) is 6.11. The topological polar surface area (TPSA) is 0 Å². The molecule has 2 heteroatoms. The van der Waals surface area contributed by atoms with Crippen molar-refractivity contribution in [2.45, 2.75) is 13.1 Å². The van der Waals surface area contributed by atoms with E-state index in [1.807, 2.05) is 0 Å². The molecule has 0 spiro atoms. The van der Waals surface area contributed by atoms with Crippen LogP contribution < -0.4 is 20.7 Å². The van der Waals surface area contributed by atoms with Gasteiger partial charge < -0.3 is 0 Å². The summed E-state index contributed by atoms with van der Waals surface area (Å²) in [6.45, 7) is 4.75. The SMILES string of the molecule is C[Si](C#C/C=C\[Si](C)(c1ccccc1)c1ccccc1)(c1ccccc1)c1ccccc1. The zero-order chi connectivity index (χ0) is 22.3. The first-order valence-electron chi connectivity index (χ1n) is 11.1. The van der Waals surface area contributed by atoms with Crippen LogP contribution >= 0.6 is 0 Å². The summed E-state index contributed by atoms with van der Waals surface area (Å²) in [7, 11) is -4.18. The minimum absolute atomic E-state index is 1.35. The largest absolute Gasteiger partial charge is 0.196 e. The Morgan fingerprint density at radius 1 is 0.500 bits per heavy atom. The average molecular weight is 445 g/mol. The van der Waals surface area contributed by atoms with E-state index in [1.54, 1.807) is 0 Å². The molecule has 4 aromatic rings. The zero-order valence-corrected chi connectivity index (χ0v) is 20.7. The van der Waals surface area contributed by atoms with Gasteiger partial charge in [-0.15, -0.1) is 5.54 Å². The second-order valence-electron chi connectivity index (χ2n) is 8.39. The predicted molar refractivity (Wildman–Crippen MR) is 144 cm³/mol. The molecule has 0 bridgehead atoms. The summed E-state index contributed by atoms with van der Waals surface area (Å²) in [6, 6.07) is 43.3. The van der Waals surface area contributed by atoms with Gasteiger partial charge in [0.1, 0.15) is 8.07 Å².